The summed E-state index contributed by atoms with van der Waals surface area (Å²) in [4.78, 5) is 7.45. The second-order valence-electron chi connectivity index (χ2n) is 7.03. The van der Waals surface area contributed by atoms with E-state index in [9.17, 15) is 0 Å². The molecule has 27 heavy (non-hydrogen) atoms. The van der Waals surface area contributed by atoms with Crippen LogP contribution in [-0.2, 0) is 19.6 Å². The maximum atomic E-state index is 4.33. The molecule has 0 spiro atoms. The van der Waals surface area contributed by atoms with Gasteiger partial charge in [0.1, 0.15) is 0 Å². The highest BCUT2D eigenvalue weighted by Gasteiger charge is 2.18. The maximum absolute atomic E-state index is 4.33. The number of nitrogens with zero attached hydrogens (tertiary/aromatic N) is 6. The van der Waals surface area contributed by atoms with Crippen LogP contribution in [0.2, 0.25) is 0 Å². The molecular weight excluding hydrogens is 342 g/mol. The van der Waals surface area contributed by atoms with Crippen LogP contribution in [0.25, 0.3) is 0 Å². The molecular formula is C18H27N9. The maximum Gasteiger partial charge on any atom is 0.0762 e. The zero-order valence-corrected chi connectivity index (χ0v) is 15.5. The minimum Gasteiger partial charge on any atom is -0.295 e. The average molecular weight is 369 g/mol. The number of aromatic nitrogens is 6. The molecule has 3 aromatic heterocycles. The SMILES string of the molecule is c1cc(CN2CCN(Cc3cc[nH]n3)CCN(Cc3cc[nH]n3)CC2)n[nH]1. The number of rotatable bonds is 6. The lowest BCUT2D eigenvalue weighted by Gasteiger charge is -2.24. The third-order valence-electron chi connectivity index (χ3n) is 5.03. The second-order valence-corrected chi connectivity index (χ2v) is 7.03. The third kappa shape index (κ3) is 5.25. The topological polar surface area (TPSA) is 95.8 Å². The van der Waals surface area contributed by atoms with Crippen LogP contribution in [-0.4, -0.2) is 84.6 Å². The van der Waals surface area contributed by atoms with Crippen molar-refractivity contribution in [2.24, 2.45) is 0 Å². The van der Waals surface area contributed by atoms with E-state index in [4.69, 9.17) is 0 Å². The first-order chi connectivity index (χ1) is 13.3. The van der Waals surface area contributed by atoms with Crippen LogP contribution in [0.3, 0.4) is 0 Å². The highest BCUT2D eigenvalue weighted by atomic mass is 15.3. The second kappa shape index (κ2) is 8.94. The molecule has 1 fully saturated rings. The molecule has 4 heterocycles. The summed E-state index contributed by atoms with van der Waals surface area (Å²) in [7, 11) is 0. The molecule has 9 heteroatoms. The molecule has 0 aliphatic carbocycles. The number of aromatic amines is 3. The van der Waals surface area contributed by atoms with Crippen LogP contribution in [0.15, 0.2) is 36.8 Å². The Labute approximate surface area is 158 Å². The molecule has 0 atom stereocenters. The van der Waals surface area contributed by atoms with Gasteiger partial charge in [-0.25, -0.2) is 0 Å². The highest BCUT2D eigenvalue weighted by Crippen LogP contribution is 2.09. The van der Waals surface area contributed by atoms with E-state index in [1.54, 1.807) is 0 Å². The van der Waals surface area contributed by atoms with Crippen LogP contribution in [0.1, 0.15) is 17.1 Å². The van der Waals surface area contributed by atoms with E-state index in [2.05, 4.69) is 63.5 Å². The van der Waals surface area contributed by atoms with E-state index in [1.165, 1.54) is 0 Å². The molecule has 3 N–H and O–H groups in total. The predicted octanol–water partition coefficient (Wildman–Crippen LogP) is 0.676. The van der Waals surface area contributed by atoms with Gasteiger partial charge in [0.15, 0.2) is 0 Å². The number of hydrogen-bond donors (Lipinski definition) is 3. The van der Waals surface area contributed by atoms with Gasteiger partial charge in [0.25, 0.3) is 0 Å². The summed E-state index contributed by atoms with van der Waals surface area (Å²) >= 11 is 0. The van der Waals surface area contributed by atoms with Crippen LogP contribution in [0, 0.1) is 0 Å². The van der Waals surface area contributed by atoms with Crippen molar-refractivity contribution in [3.05, 3.63) is 53.9 Å². The smallest absolute Gasteiger partial charge is 0.0762 e. The fourth-order valence-corrected chi connectivity index (χ4v) is 3.48. The van der Waals surface area contributed by atoms with Gasteiger partial charge in [-0.3, -0.25) is 30.0 Å². The molecule has 1 saturated heterocycles. The molecule has 1 aliphatic heterocycles. The number of hydrogen-bond acceptors (Lipinski definition) is 6. The molecule has 4 rings (SSSR count). The average Bonchev–Trinajstić information content (AvgIpc) is 3.44. The Morgan fingerprint density at radius 3 is 1.07 bits per heavy atom. The fourth-order valence-electron chi connectivity index (χ4n) is 3.48. The Kier molecular flexibility index (Phi) is 5.92. The van der Waals surface area contributed by atoms with Crippen LogP contribution < -0.4 is 0 Å². The lowest BCUT2D eigenvalue weighted by Crippen LogP contribution is -2.35. The van der Waals surface area contributed by atoms with Gasteiger partial charge in [-0.2, -0.15) is 15.3 Å². The van der Waals surface area contributed by atoms with Gasteiger partial charge in [-0.15, -0.1) is 0 Å². The Hall–Kier alpha value is -2.49. The summed E-state index contributed by atoms with van der Waals surface area (Å²) in [5, 5.41) is 21.7. The molecule has 3 aromatic rings. The summed E-state index contributed by atoms with van der Waals surface area (Å²) in [5.74, 6) is 0. The van der Waals surface area contributed by atoms with E-state index in [1.807, 2.05) is 18.6 Å². The number of nitrogens with one attached hydrogen (secondary N) is 3. The largest absolute Gasteiger partial charge is 0.295 e. The summed E-state index contributed by atoms with van der Waals surface area (Å²) in [6.45, 7) is 8.74. The Morgan fingerprint density at radius 1 is 0.556 bits per heavy atom. The van der Waals surface area contributed by atoms with Crippen LogP contribution in [0.5, 0.6) is 0 Å². The lowest BCUT2D eigenvalue weighted by atomic mass is 10.3. The zero-order chi connectivity index (χ0) is 18.3. The van der Waals surface area contributed by atoms with Gasteiger partial charge < -0.3 is 0 Å². The van der Waals surface area contributed by atoms with Gasteiger partial charge in [0, 0.05) is 77.5 Å². The lowest BCUT2D eigenvalue weighted by molar-refractivity contribution is 0.207. The van der Waals surface area contributed by atoms with Crippen LogP contribution >= 0.6 is 0 Å². The van der Waals surface area contributed by atoms with Gasteiger partial charge in [-0.05, 0) is 18.2 Å². The van der Waals surface area contributed by atoms with Crippen LogP contribution in [0.4, 0.5) is 0 Å². The molecule has 0 amide bonds. The van der Waals surface area contributed by atoms with E-state index >= 15 is 0 Å². The minimum atomic E-state index is 0.871. The molecule has 0 bridgehead atoms. The summed E-state index contributed by atoms with van der Waals surface area (Å²) < 4.78 is 0. The minimum absolute atomic E-state index is 0.871. The summed E-state index contributed by atoms with van der Waals surface area (Å²) in [6.07, 6.45) is 5.66. The van der Waals surface area contributed by atoms with E-state index in [0.29, 0.717) is 0 Å². The van der Waals surface area contributed by atoms with Crippen molar-refractivity contribution in [1.29, 1.82) is 0 Å². The third-order valence-corrected chi connectivity index (χ3v) is 5.03. The summed E-state index contributed by atoms with van der Waals surface area (Å²) in [5.41, 5.74) is 3.27. The summed E-state index contributed by atoms with van der Waals surface area (Å²) in [6, 6.07) is 6.15. The fraction of sp³-hybridized carbons (Fsp3) is 0.500. The van der Waals surface area contributed by atoms with Crippen molar-refractivity contribution in [2.75, 3.05) is 39.3 Å². The van der Waals surface area contributed by atoms with Crippen molar-refractivity contribution < 1.29 is 0 Å². The van der Waals surface area contributed by atoms with Crippen molar-refractivity contribution in [3.8, 4) is 0 Å². The quantitative estimate of drug-likeness (QED) is 0.591. The normalized spacial score (nSPS) is 18.2. The predicted molar refractivity (Wildman–Crippen MR) is 102 cm³/mol. The zero-order valence-electron chi connectivity index (χ0n) is 15.5. The molecule has 1 aliphatic rings. The van der Waals surface area contributed by atoms with Gasteiger partial charge in [0.05, 0.1) is 17.1 Å². The first-order valence-electron chi connectivity index (χ1n) is 9.48. The standard InChI is InChI=1S/C18H27N9/c1-4-19-22-16(1)13-25-7-9-26(14-17-2-5-20-23-17)11-12-27(10-8-25)15-18-3-6-21-24-18/h1-6H,7-15H2,(H,19,22)(H,20,23)(H,21,24). The first-order valence-corrected chi connectivity index (χ1v) is 9.48. The number of H-pyrrole nitrogens is 3. The Balaban J connectivity index is 1.43. The molecule has 0 saturated carbocycles. The molecule has 9 nitrogen and oxygen atoms in total. The van der Waals surface area contributed by atoms with Gasteiger partial charge in [0.2, 0.25) is 0 Å². The van der Waals surface area contributed by atoms with Gasteiger partial charge in [-0.1, -0.05) is 0 Å². The Morgan fingerprint density at radius 2 is 0.852 bits per heavy atom. The van der Waals surface area contributed by atoms with Crippen molar-refractivity contribution in [2.45, 2.75) is 19.6 Å². The van der Waals surface area contributed by atoms with E-state index in [0.717, 1.165) is 76.0 Å². The Bertz CT molecular complexity index is 634. The molecule has 0 radical (unpaired) electrons. The van der Waals surface area contributed by atoms with Crippen molar-refractivity contribution in [1.82, 2.24) is 45.3 Å². The van der Waals surface area contributed by atoms with Crippen molar-refractivity contribution >= 4 is 0 Å². The highest BCUT2D eigenvalue weighted by molar-refractivity contribution is 5.00. The first kappa shape index (κ1) is 17.9. The monoisotopic (exact) mass is 369 g/mol. The van der Waals surface area contributed by atoms with Gasteiger partial charge >= 0.3 is 0 Å². The molecule has 144 valence electrons. The van der Waals surface area contributed by atoms with Crippen molar-refractivity contribution in [3.63, 3.8) is 0 Å². The van der Waals surface area contributed by atoms with E-state index < -0.39 is 0 Å². The molecule has 0 unspecified atom stereocenters. The molecule has 0 aromatic carbocycles. The van der Waals surface area contributed by atoms with E-state index in [-0.39, 0.29) is 0 Å².